The summed E-state index contributed by atoms with van der Waals surface area (Å²) in [6, 6.07) is 4.69. The number of hydrogen-bond donors (Lipinski definition) is 0. The maximum atomic E-state index is 13.5. The SMILES string of the molecule is COC(=O)c1nc(C)sc1-c1ccc(Br)c(F)c1. The molecule has 1 aromatic heterocycles. The Balaban J connectivity index is 2.56. The Hall–Kier alpha value is -1.27. The molecule has 3 nitrogen and oxygen atoms in total. The molecular formula is C12H9BrFNO2S. The molecule has 94 valence electrons. The molecule has 0 N–H and O–H groups in total. The zero-order valence-electron chi connectivity index (χ0n) is 9.66. The molecule has 1 aromatic carbocycles. The van der Waals surface area contributed by atoms with E-state index in [9.17, 15) is 9.18 Å². The molecular weight excluding hydrogens is 321 g/mol. The average molecular weight is 330 g/mol. The Morgan fingerprint density at radius 2 is 2.22 bits per heavy atom. The van der Waals surface area contributed by atoms with Gasteiger partial charge in [0.05, 0.1) is 21.5 Å². The molecule has 0 amide bonds. The van der Waals surface area contributed by atoms with Gasteiger partial charge in [0.1, 0.15) is 5.82 Å². The van der Waals surface area contributed by atoms with E-state index in [0.29, 0.717) is 14.9 Å². The lowest BCUT2D eigenvalue weighted by Crippen LogP contribution is -2.03. The van der Waals surface area contributed by atoms with Crippen molar-refractivity contribution in [1.82, 2.24) is 4.98 Å². The van der Waals surface area contributed by atoms with Gasteiger partial charge in [-0.3, -0.25) is 0 Å². The van der Waals surface area contributed by atoms with Crippen LogP contribution >= 0.6 is 27.3 Å². The second-order valence-electron chi connectivity index (χ2n) is 3.53. The lowest BCUT2D eigenvalue weighted by Gasteiger charge is -2.02. The summed E-state index contributed by atoms with van der Waals surface area (Å²) < 4.78 is 18.6. The lowest BCUT2D eigenvalue weighted by atomic mass is 10.1. The molecule has 0 aliphatic heterocycles. The first-order chi connectivity index (χ1) is 8.52. The fourth-order valence-electron chi connectivity index (χ4n) is 1.50. The normalized spacial score (nSPS) is 10.4. The van der Waals surface area contributed by atoms with Crippen LogP contribution in [0.4, 0.5) is 4.39 Å². The van der Waals surface area contributed by atoms with E-state index < -0.39 is 5.97 Å². The Morgan fingerprint density at radius 3 is 2.83 bits per heavy atom. The number of aryl methyl sites for hydroxylation is 1. The summed E-state index contributed by atoms with van der Waals surface area (Å²) in [7, 11) is 1.29. The number of esters is 1. The topological polar surface area (TPSA) is 39.2 Å². The number of carbonyl (C=O) groups excluding carboxylic acids is 1. The van der Waals surface area contributed by atoms with Gasteiger partial charge >= 0.3 is 5.97 Å². The number of aromatic nitrogens is 1. The third kappa shape index (κ3) is 2.44. The maximum absolute atomic E-state index is 13.5. The highest BCUT2D eigenvalue weighted by molar-refractivity contribution is 9.10. The van der Waals surface area contributed by atoms with Crippen molar-refractivity contribution in [2.75, 3.05) is 7.11 Å². The van der Waals surface area contributed by atoms with Gasteiger partial charge in [0, 0.05) is 0 Å². The van der Waals surface area contributed by atoms with Gasteiger partial charge in [-0.2, -0.15) is 0 Å². The molecule has 18 heavy (non-hydrogen) atoms. The zero-order valence-corrected chi connectivity index (χ0v) is 12.1. The molecule has 0 radical (unpaired) electrons. The van der Waals surface area contributed by atoms with E-state index in [4.69, 9.17) is 0 Å². The molecule has 0 spiro atoms. The summed E-state index contributed by atoms with van der Waals surface area (Å²) in [5, 5.41) is 0.730. The number of benzene rings is 1. The predicted octanol–water partition coefficient (Wildman–Crippen LogP) is 3.81. The van der Waals surface area contributed by atoms with Crippen molar-refractivity contribution < 1.29 is 13.9 Å². The van der Waals surface area contributed by atoms with Crippen molar-refractivity contribution in [2.24, 2.45) is 0 Å². The molecule has 2 rings (SSSR count). The second kappa shape index (κ2) is 5.16. The Morgan fingerprint density at radius 1 is 1.50 bits per heavy atom. The second-order valence-corrected chi connectivity index (χ2v) is 5.59. The van der Waals surface area contributed by atoms with Crippen LogP contribution in [-0.4, -0.2) is 18.1 Å². The molecule has 0 aliphatic carbocycles. The quantitative estimate of drug-likeness (QED) is 0.786. The Labute approximate surface area is 116 Å². The van der Waals surface area contributed by atoms with Crippen molar-refractivity contribution in [1.29, 1.82) is 0 Å². The zero-order chi connectivity index (χ0) is 13.3. The van der Waals surface area contributed by atoms with Gasteiger partial charge in [-0.25, -0.2) is 14.2 Å². The van der Waals surface area contributed by atoms with Gasteiger partial charge in [0.25, 0.3) is 0 Å². The van der Waals surface area contributed by atoms with Crippen LogP contribution < -0.4 is 0 Å². The third-order valence-electron chi connectivity index (χ3n) is 2.29. The highest BCUT2D eigenvalue weighted by Crippen LogP contribution is 2.32. The lowest BCUT2D eigenvalue weighted by molar-refractivity contribution is 0.0595. The number of ether oxygens (including phenoxy) is 1. The fraction of sp³-hybridized carbons (Fsp3) is 0.167. The van der Waals surface area contributed by atoms with E-state index >= 15 is 0 Å². The van der Waals surface area contributed by atoms with E-state index in [2.05, 4.69) is 25.7 Å². The first kappa shape index (κ1) is 13.2. The van der Waals surface area contributed by atoms with Crippen LogP contribution in [-0.2, 0) is 4.74 Å². The van der Waals surface area contributed by atoms with Crippen molar-refractivity contribution in [3.63, 3.8) is 0 Å². The maximum Gasteiger partial charge on any atom is 0.358 e. The largest absolute Gasteiger partial charge is 0.464 e. The number of carbonyl (C=O) groups is 1. The molecule has 0 atom stereocenters. The fourth-order valence-corrected chi connectivity index (χ4v) is 2.64. The van der Waals surface area contributed by atoms with Crippen LogP contribution in [0.3, 0.4) is 0 Å². The summed E-state index contributed by atoms with van der Waals surface area (Å²) in [6.07, 6.45) is 0. The summed E-state index contributed by atoms with van der Waals surface area (Å²) in [5.74, 6) is -0.896. The van der Waals surface area contributed by atoms with Crippen molar-refractivity contribution in [3.05, 3.63) is 39.2 Å². The Bertz CT molecular complexity index is 612. The van der Waals surface area contributed by atoms with E-state index in [1.54, 1.807) is 19.1 Å². The van der Waals surface area contributed by atoms with Gasteiger partial charge in [-0.1, -0.05) is 6.07 Å². The smallest absolute Gasteiger partial charge is 0.358 e. The summed E-state index contributed by atoms with van der Waals surface area (Å²) in [5.41, 5.74) is 0.837. The molecule has 0 aliphatic rings. The standard InChI is InChI=1S/C12H9BrFNO2S/c1-6-15-10(12(16)17-2)11(18-6)7-3-4-8(13)9(14)5-7/h3-5H,1-2H3. The first-order valence-electron chi connectivity index (χ1n) is 5.04. The molecule has 2 aromatic rings. The monoisotopic (exact) mass is 329 g/mol. The summed E-state index contributed by atoms with van der Waals surface area (Å²) in [4.78, 5) is 16.3. The minimum Gasteiger partial charge on any atom is -0.464 e. The predicted molar refractivity (Wildman–Crippen MR) is 71.3 cm³/mol. The van der Waals surface area contributed by atoms with Crippen LogP contribution in [0.5, 0.6) is 0 Å². The number of methoxy groups -OCH3 is 1. The number of thiazole rings is 1. The number of hydrogen-bond acceptors (Lipinski definition) is 4. The van der Waals surface area contributed by atoms with Gasteiger partial charge < -0.3 is 4.74 Å². The molecule has 0 bridgehead atoms. The van der Waals surface area contributed by atoms with Crippen LogP contribution in [0.25, 0.3) is 10.4 Å². The number of halogens is 2. The van der Waals surface area contributed by atoms with E-state index in [0.717, 1.165) is 5.01 Å². The van der Waals surface area contributed by atoms with Crippen molar-refractivity contribution in [2.45, 2.75) is 6.92 Å². The van der Waals surface area contributed by atoms with E-state index in [1.165, 1.54) is 24.5 Å². The van der Waals surface area contributed by atoms with E-state index in [1.807, 2.05) is 0 Å². The van der Waals surface area contributed by atoms with Crippen LogP contribution in [0.2, 0.25) is 0 Å². The highest BCUT2D eigenvalue weighted by Gasteiger charge is 2.19. The van der Waals surface area contributed by atoms with Gasteiger partial charge in [-0.05, 0) is 40.5 Å². The van der Waals surface area contributed by atoms with Crippen molar-refractivity contribution in [3.8, 4) is 10.4 Å². The minimum absolute atomic E-state index is 0.224. The third-order valence-corrected chi connectivity index (χ3v) is 3.96. The van der Waals surface area contributed by atoms with Crippen LogP contribution in [0, 0.1) is 12.7 Å². The molecule has 0 saturated carbocycles. The van der Waals surface area contributed by atoms with E-state index in [-0.39, 0.29) is 11.5 Å². The molecule has 0 fully saturated rings. The highest BCUT2D eigenvalue weighted by atomic mass is 79.9. The summed E-state index contributed by atoms with van der Waals surface area (Å²) >= 11 is 4.42. The molecule has 6 heteroatoms. The number of nitrogens with zero attached hydrogens (tertiary/aromatic N) is 1. The Kier molecular flexibility index (Phi) is 3.77. The molecule has 0 saturated heterocycles. The summed E-state index contributed by atoms with van der Waals surface area (Å²) in [6.45, 7) is 1.79. The van der Waals surface area contributed by atoms with Crippen LogP contribution in [0.1, 0.15) is 15.5 Å². The van der Waals surface area contributed by atoms with Gasteiger partial charge in [0.15, 0.2) is 5.69 Å². The van der Waals surface area contributed by atoms with Crippen molar-refractivity contribution >= 4 is 33.2 Å². The average Bonchev–Trinajstić information content (AvgIpc) is 2.74. The first-order valence-corrected chi connectivity index (χ1v) is 6.65. The molecule has 1 heterocycles. The van der Waals surface area contributed by atoms with Gasteiger partial charge in [-0.15, -0.1) is 11.3 Å². The van der Waals surface area contributed by atoms with Gasteiger partial charge in [0.2, 0.25) is 0 Å². The minimum atomic E-state index is -0.516. The van der Waals surface area contributed by atoms with Crippen LogP contribution in [0.15, 0.2) is 22.7 Å². The molecule has 0 unspecified atom stereocenters. The number of rotatable bonds is 2.